The molecule has 1 aromatic heterocycles. The molecule has 0 radical (unpaired) electrons. The van der Waals surface area contributed by atoms with Gasteiger partial charge in [0.05, 0.1) is 21.7 Å². The van der Waals surface area contributed by atoms with Crippen LogP contribution in [0.1, 0.15) is 40.3 Å². The number of nitrogens with one attached hydrogen (secondary N) is 3. The first kappa shape index (κ1) is 23.5. The van der Waals surface area contributed by atoms with Gasteiger partial charge in [0.1, 0.15) is 0 Å². The number of halogens is 1. The maximum atomic E-state index is 12.6. The first-order valence-corrected chi connectivity index (χ1v) is 11.6. The minimum Gasteiger partial charge on any atom is -0.459 e. The SMILES string of the molecule is CC(C)NS(=O)(=O)c1ccc(Cl)c(C(=O)NCc2ccc(NC(=O)c3ccco3)cc2)c1. The monoisotopic (exact) mass is 475 g/mol. The Balaban J connectivity index is 1.64. The van der Waals surface area contributed by atoms with Gasteiger partial charge in [-0.05, 0) is 61.9 Å². The van der Waals surface area contributed by atoms with Gasteiger partial charge < -0.3 is 15.1 Å². The number of furan rings is 1. The molecule has 1 heterocycles. The van der Waals surface area contributed by atoms with Crippen molar-refractivity contribution < 1.29 is 22.4 Å². The molecule has 2 amide bonds. The van der Waals surface area contributed by atoms with Gasteiger partial charge in [-0.1, -0.05) is 23.7 Å². The van der Waals surface area contributed by atoms with Crippen molar-refractivity contribution in [3.8, 4) is 0 Å². The highest BCUT2D eigenvalue weighted by Gasteiger charge is 2.19. The van der Waals surface area contributed by atoms with E-state index in [1.165, 1.54) is 24.5 Å². The molecule has 0 saturated carbocycles. The van der Waals surface area contributed by atoms with Crippen molar-refractivity contribution in [1.82, 2.24) is 10.0 Å². The number of hydrogen-bond donors (Lipinski definition) is 3. The maximum Gasteiger partial charge on any atom is 0.291 e. The van der Waals surface area contributed by atoms with Crippen molar-refractivity contribution in [3.63, 3.8) is 0 Å². The number of amides is 2. The fourth-order valence-corrected chi connectivity index (χ4v) is 4.29. The van der Waals surface area contributed by atoms with E-state index in [1.807, 2.05) is 0 Å². The molecule has 3 rings (SSSR count). The number of sulfonamides is 1. The molecular weight excluding hydrogens is 454 g/mol. The second-order valence-corrected chi connectivity index (χ2v) is 9.35. The number of hydrogen-bond acceptors (Lipinski definition) is 5. The summed E-state index contributed by atoms with van der Waals surface area (Å²) in [6.07, 6.45) is 1.42. The highest BCUT2D eigenvalue weighted by atomic mass is 35.5. The third-order valence-corrected chi connectivity index (χ3v) is 6.28. The number of anilines is 1. The molecule has 32 heavy (non-hydrogen) atoms. The van der Waals surface area contributed by atoms with Gasteiger partial charge >= 0.3 is 0 Å². The van der Waals surface area contributed by atoms with E-state index in [9.17, 15) is 18.0 Å². The summed E-state index contributed by atoms with van der Waals surface area (Å²) in [4.78, 5) is 24.6. The van der Waals surface area contributed by atoms with Crippen molar-refractivity contribution in [2.75, 3.05) is 5.32 Å². The lowest BCUT2D eigenvalue weighted by molar-refractivity contribution is 0.0949. The van der Waals surface area contributed by atoms with Gasteiger partial charge in [0.15, 0.2) is 5.76 Å². The Labute approximate surface area is 191 Å². The van der Waals surface area contributed by atoms with Crippen LogP contribution in [0.25, 0.3) is 0 Å². The van der Waals surface area contributed by atoms with Crippen molar-refractivity contribution in [1.29, 1.82) is 0 Å². The summed E-state index contributed by atoms with van der Waals surface area (Å²) in [6, 6.07) is 13.7. The second kappa shape index (κ2) is 9.99. The highest BCUT2D eigenvalue weighted by Crippen LogP contribution is 2.21. The summed E-state index contributed by atoms with van der Waals surface area (Å²) in [6.45, 7) is 3.59. The standard InChI is InChI=1S/C22H22ClN3O5S/c1-14(2)26-32(29,30)17-9-10-19(23)18(12-17)21(27)24-13-15-5-7-16(8-6-15)25-22(28)20-4-3-11-31-20/h3-12,14,26H,13H2,1-2H3,(H,24,27)(H,25,28). The smallest absolute Gasteiger partial charge is 0.291 e. The van der Waals surface area contributed by atoms with Gasteiger partial charge in [0.25, 0.3) is 11.8 Å². The Kier molecular flexibility index (Phi) is 7.34. The quantitative estimate of drug-likeness (QED) is 0.458. The maximum absolute atomic E-state index is 12.6. The Morgan fingerprint density at radius 3 is 2.38 bits per heavy atom. The molecule has 0 aliphatic heterocycles. The molecule has 3 N–H and O–H groups in total. The molecule has 0 spiro atoms. The van der Waals surface area contributed by atoms with Crippen LogP contribution in [0.3, 0.4) is 0 Å². The van der Waals surface area contributed by atoms with E-state index in [0.29, 0.717) is 5.69 Å². The van der Waals surface area contributed by atoms with E-state index in [1.54, 1.807) is 50.2 Å². The lowest BCUT2D eigenvalue weighted by Crippen LogP contribution is -2.30. The number of carbonyl (C=O) groups excluding carboxylic acids is 2. The number of carbonyl (C=O) groups is 2. The molecule has 0 unspecified atom stereocenters. The molecule has 2 aromatic carbocycles. The fraction of sp³-hybridized carbons (Fsp3) is 0.182. The lowest BCUT2D eigenvalue weighted by atomic mass is 10.1. The lowest BCUT2D eigenvalue weighted by Gasteiger charge is -2.12. The van der Waals surface area contributed by atoms with Crippen LogP contribution in [0.4, 0.5) is 5.69 Å². The molecule has 10 heteroatoms. The summed E-state index contributed by atoms with van der Waals surface area (Å²) in [5.41, 5.74) is 1.40. The van der Waals surface area contributed by atoms with Gasteiger partial charge in [-0.15, -0.1) is 0 Å². The summed E-state index contributed by atoms with van der Waals surface area (Å²) in [7, 11) is -3.76. The van der Waals surface area contributed by atoms with Crippen LogP contribution in [0.5, 0.6) is 0 Å². The third-order valence-electron chi connectivity index (χ3n) is 4.29. The minimum atomic E-state index is -3.76. The van der Waals surface area contributed by atoms with Crippen LogP contribution in [0, 0.1) is 0 Å². The average Bonchev–Trinajstić information content (AvgIpc) is 3.27. The second-order valence-electron chi connectivity index (χ2n) is 7.23. The van der Waals surface area contributed by atoms with Crippen LogP contribution >= 0.6 is 11.6 Å². The first-order valence-electron chi connectivity index (χ1n) is 9.69. The molecule has 0 aliphatic carbocycles. The van der Waals surface area contributed by atoms with Crippen LogP contribution < -0.4 is 15.4 Å². The van der Waals surface area contributed by atoms with Gasteiger partial charge in [-0.25, -0.2) is 13.1 Å². The van der Waals surface area contributed by atoms with Crippen LogP contribution in [-0.2, 0) is 16.6 Å². The Morgan fingerprint density at radius 1 is 1.03 bits per heavy atom. The van der Waals surface area contributed by atoms with E-state index < -0.39 is 15.9 Å². The van der Waals surface area contributed by atoms with Crippen molar-refractivity contribution >= 4 is 39.1 Å². The largest absolute Gasteiger partial charge is 0.459 e. The van der Waals surface area contributed by atoms with Crippen LogP contribution in [0.15, 0.2) is 70.2 Å². The highest BCUT2D eigenvalue weighted by molar-refractivity contribution is 7.89. The number of rotatable bonds is 8. The van der Waals surface area contributed by atoms with Gasteiger partial charge in [-0.3, -0.25) is 9.59 Å². The number of benzene rings is 2. The topological polar surface area (TPSA) is 118 Å². The predicted molar refractivity (Wildman–Crippen MR) is 121 cm³/mol. The average molecular weight is 476 g/mol. The Bertz CT molecular complexity index is 1210. The van der Waals surface area contributed by atoms with Crippen molar-refractivity contribution in [3.05, 3.63) is 82.8 Å². The first-order chi connectivity index (χ1) is 15.2. The summed E-state index contributed by atoms with van der Waals surface area (Å²) >= 11 is 6.12. The van der Waals surface area contributed by atoms with E-state index >= 15 is 0 Å². The zero-order valence-electron chi connectivity index (χ0n) is 17.4. The normalized spacial score (nSPS) is 11.4. The summed E-state index contributed by atoms with van der Waals surface area (Å²) in [5.74, 6) is -0.676. The molecule has 0 aliphatic rings. The molecule has 3 aromatic rings. The summed E-state index contributed by atoms with van der Waals surface area (Å²) in [5, 5.41) is 5.56. The van der Waals surface area contributed by atoms with Crippen molar-refractivity contribution in [2.24, 2.45) is 0 Å². The molecule has 8 nitrogen and oxygen atoms in total. The molecule has 0 atom stereocenters. The van der Waals surface area contributed by atoms with Crippen molar-refractivity contribution in [2.45, 2.75) is 31.3 Å². The molecule has 0 bridgehead atoms. The molecule has 168 valence electrons. The van der Waals surface area contributed by atoms with E-state index in [4.69, 9.17) is 16.0 Å². The Morgan fingerprint density at radius 2 is 1.75 bits per heavy atom. The van der Waals surface area contributed by atoms with E-state index in [0.717, 1.165) is 5.56 Å². The summed E-state index contributed by atoms with van der Waals surface area (Å²) < 4.78 is 32.3. The van der Waals surface area contributed by atoms with E-state index in [2.05, 4.69) is 15.4 Å². The van der Waals surface area contributed by atoms with Crippen LogP contribution in [-0.4, -0.2) is 26.3 Å². The van der Waals surface area contributed by atoms with Gasteiger partial charge in [0.2, 0.25) is 10.0 Å². The fourth-order valence-electron chi connectivity index (χ4n) is 2.81. The molecular formula is C22H22ClN3O5S. The Hall–Kier alpha value is -3.14. The zero-order valence-corrected chi connectivity index (χ0v) is 19.0. The minimum absolute atomic E-state index is 0.0441. The third kappa shape index (κ3) is 5.97. The van der Waals surface area contributed by atoms with Gasteiger partial charge in [-0.2, -0.15) is 0 Å². The zero-order chi connectivity index (χ0) is 23.3. The predicted octanol–water partition coefficient (Wildman–Crippen LogP) is 3.80. The van der Waals surface area contributed by atoms with E-state index in [-0.39, 0.29) is 39.7 Å². The van der Waals surface area contributed by atoms with Gasteiger partial charge in [0, 0.05) is 18.3 Å². The molecule has 0 saturated heterocycles. The molecule has 0 fully saturated rings. The van der Waals surface area contributed by atoms with Crippen LogP contribution in [0.2, 0.25) is 5.02 Å².